The maximum atomic E-state index is 12.6. The molecule has 2 aromatic heterocycles. The highest BCUT2D eigenvalue weighted by molar-refractivity contribution is 7.17. The van der Waals surface area contributed by atoms with Gasteiger partial charge in [0.25, 0.3) is 5.91 Å². The first kappa shape index (κ1) is 11.0. The van der Waals surface area contributed by atoms with E-state index in [-0.39, 0.29) is 11.3 Å². The number of hydrazone groups is 1. The zero-order valence-corrected chi connectivity index (χ0v) is 11.3. The van der Waals surface area contributed by atoms with Gasteiger partial charge < -0.3 is 0 Å². The lowest BCUT2D eigenvalue weighted by molar-refractivity contribution is -0.126. The van der Waals surface area contributed by atoms with Crippen molar-refractivity contribution in [2.75, 3.05) is 5.01 Å². The fraction of sp³-hybridized carbons (Fsp3) is 0.385. The number of nitrogens with zero attached hydrogens (tertiary/aromatic N) is 4. The Labute approximate surface area is 114 Å². The lowest BCUT2D eigenvalue weighted by Gasteiger charge is -2.36. The smallest absolute Gasteiger partial charge is 0.260 e. The molecule has 0 aromatic carbocycles. The van der Waals surface area contributed by atoms with E-state index < -0.39 is 0 Å². The van der Waals surface area contributed by atoms with Crippen molar-refractivity contribution in [1.82, 2.24) is 9.97 Å². The molecule has 0 radical (unpaired) electrons. The van der Waals surface area contributed by atoms with Crippen molar-refractivity contribution in [1.29, 1.82) is 0 Å². The largest absolute Gasteiger partial charge is 0.271 e. The molecule has 1 spiro atoms. The first-order valence-corrected chi connectivity index (χ1v) is 7.19. The first-order chi connectivity index (χ1) is 9.22. The number of carbonyl (C=O) groups excluding carboxylic acids is 1. The molecule has 1 saturated carbocycles. The fourth-order valence-electron chi connectivity index (χ4n) is 2.82. The zero-order chi connectivity index (χ0) is 13.0. The van der Waals surface area contributed by atoms with Crippen molar-refractivity contribution in [3.8, 4) is 0 Å². The van der Waals surface area contributed by atoms with Crippen LogP contribution < -0.4 is 5.01 Å². The SMILES string of the molecule is CC1=NN(c2ncnc3ccsc23)C(=O)C12CCC2. The Morgan fingerprint density at radius 2 is 2.21 bits per heavy atom. The third-order valence-corrected chi connectivity index (χ3v) is 5.08. The topological polar surface area (TPSA) is 58.5 Å². The Bertz CT molecular complexity index is 716. The lowest BCUT2D eigenvalue weighted by atomic mass is 9.66. The summed E-state index contributed by atoms with van der Waals surface area (Å²) in [5.41, 5.74) is 1.45. The minimum absolute atomic E-state index is 0.0738. The van der Waals surface area contributed by atoms with Crippen LogP contribution in [0.1, 0.15) is 26.2 Å². The summed E-state index contributed by atoms with van der Waals surface area (Å²) in [5.74, 6) is 0.692. The monoisotopic (exact) mass is 272 g/mol. The molecule has 0 atom stereocenters. The number of carbonyl (C=O) groups is 1. The number of hydrogen-bond donors (Lipinski definition) is 0. The molecular weight excluding hydrogens is 260 g/mol. The molecule has 5 nitrogen and oxygen atoms in total. The van der Waals surface area contributed by atoms with Gasteiger partial charge in [-0.2, -0.15) is 10.1 Å². The van der Waals surface area contributed by atoms with E-state index in [0.717, 1.165) is 35.2 Å². The standard InChI is InChI=1S/C13H12N4OS/c1-8-13(4-2-5-13)12(18)17(16-8)11-10-9(3-6-19-10)14-7-15-11/h3,6-7H,2,4-5H2,1H3. The summed E-state index contributed by atoms with van der Waals surface area (Å²) < 4.78 is 0.920. The molecule has 0 bridgehead atoms. The Morgan fingerprint density at radius 1 is 1.37 bits per heavy atom. The molecule has 96 valence electrons. The summed E-state index contributed by atoms with van der Waals surface area (Å²) in [6, 6.07) is 1.93. The van der Waals surface area contributed by atoms with Crippen LogP contribution in [0, 0.1) is 5.41 Å². The van der Waals surface area contributed by atoms with E-state index in [9.17, 15) is 4.79 Å². The van der Waals surface area contributed by atoms with E-state index in [0.29, 0.717) is 5.82 Å². The van der Waals surface area contributed by atoms with Crippen LogP contribution in [0.25, 0.3) is 10.2 Å². The molecule has 4 rings (SSSR count). The van der Waals surface area contributed by atoms with Crippen molar-refractivity contribution in [2.24, 2.45) is 10.5 Å². The molecule has 1 aliphatic heterocycles. The molecule has 0 saturated heterocycles. The van der Waals surface area contributed by atoms with Gasteiger partial charge in [-0.05, 0) is 31.2 Å². The van der Waals surface area contributed by atoms with Crippen LogP contribution in [-0.2, 0) is 4.79 Å². The molecule has 1 fully saturated rings. The van der Waals surface area contributed by atoms with E-state index in [1.54, 1.807) is 11.3 Å². The second kappa shape index (κ2) is 3.60. The Balaban J connectivity index is 1.86. The van der Waals surface area contributed by atoms with Crippen LogP contribution in [0.15, 0.2) is 22.9 Å². The van der Waals surface area contributed by atoms with Gasteiger partial charge in [0.05, 0.1) is 21.3 Å². The van der Waals surface area contributed by atoms with Crippen LogP contribution >= 0.6 is 11.3 Å². The van der Waals surface area contributed by atoms with Crippen molar-refractivity contribution in [3.63, 3.8) is 0 Å². The summed E-state index contributed by atoms with van der Waals surface area (Å²) in [5, 5.41) is 7.90. The van der Waals surface area contributed by atoms with E-state index >= 15 is 0 Å². The van der Waals surface area contributed by atoms with E-state index in [1.165, 1.54) is 11.3 Å². The number of hydrogen-bond acceptors (Lipinski definition) is 5. The van der Waals surface area contributed by atoms with Crippen molar-refractivity contribution in [2.45, 2.75) is 26.2 Å². The lowest BCUT2D eigenvalue weighted by Crippen LogP contribution is -2.44. The number of anilines is 1. The van der Waals surface area contributed by atoms with Gasteiger partial charge in [-0.15, -0.1) is 11.3 Å². The number of thiophene rings is 1. The second-order valence-corrected chi connectivity index (χ2v) is 5.99. The van der Waals surface area contributed by atoms with Crippen molar-refractivity contribution < 1.29 is 4.79 Å². The molecular formula is C13H12N4OS. The van der Waals surface area contributed by atoms with Gasteiger partial charge >= 0.3 is 0 Å². The molecule has 2 aliphatic rings. The summed E-state index contributed by atoms with van der Waals surface area (Å²) >= 11 is 1.54. The van der Waals surface area contributed by atoms with Crippen LogP contribution in [0.2, 0.25) is 0 Å². The average Bonchev–Trinajstić information content (AvgIpc) is 2.91. The number of rotatable bonds is 1. The summed E-state index contributed by atoms with van der Waals surface area (Å²) in [6.45, 7) is 1.95. The normalized spacial score (nSPS) is 21.0. The van der Waals surface area contributed by atoms with Crippen molar-refractivity contribution in [3.05, 3.63) is 17.8 Å². The van der Waals surface area contributed by atoms with Gasteiger partial charge in [0.1, 0.15) is 6.33 Å². The maximum absolute atomic E-state index is 12.6. The van der Waals surface area contributed by atoms with E-state index in [1.807, 2.05) is 18.4 Å². The van der Waals surface area contributed by atoms with E-state index in [2.05, 4.69) is 15.1 Å². The van der Waals surface area contributed by atoms with Gasteiger partial charge in [0, 0.05) is 0 Å². The predicted molar refractivity (Wildman–Crippen MR) is 74.3 cm³/mol. The molecule has 0 N–H and O–H groups in total. The maximum Gasteiger partial charge on any atom is 0.260 e. The summed E-state index contributed by atoms with van der Waals surface area (Å²) in [7, 11) is 0. The van der Waals surface area contributed by atoms with Crippen LogP contribution in [0.4, 0.5) is 5.82 Å². The fourth-order valence-corrected chi connectivity index (χ4v) is 3.64. The molecule has 2 aromatic rings. The minimum Gasteiger partial charge on any atom is -0.271 e. The molecule has 19 heavy (non-hydrogen) atoms. The molecule has 1 aliphatic carbocycles. The Kier molecular flexibility index (Phi) is 2.09. The van der Waals surface area contributed by atoms with Gasteiger partial charge in [0.2, 0.25) is 0 Å². The first-order valence-electron chi connectivity index (χ1n) is 6.31. The molecule has 1 amide bonds. The highest BCUT2D eigenvalue weighted by atomic mass is 32.1. The summed E-state index contributed by atoms with van der Waals surface area (Å²) in [4.78, 5) is 21.1. The quantitative estimate of drug-likeness (QED) is 0.801. The Morgan fingerprint density at radius 3 is 2.89 bits per heavy atom. The van der Waals surface area contributed by atoms with Gasteiger partial charge in [-0.25, -0.2) is 9.97 Å². The van der Waals surface area contributed by atoms with Crippen LogP contribution in [-0.4, -0.2) is 21.6 Å². The Hall–Kier alpha value is -1.82. The molecule has 0 unspecified atom stereocenters. The number of amides is 1. The third kappa shape index (κ3) is 1.29. The van der Waals surface area contributed by atoms with Gasteiger partial charge in [-0.3, -0.25) is 4.79 Å². The van der Waals surface area contributed by atoms with Gasteiger partial charge in [0.15, 0.2) is 5.82 Å². The van der Waals surface area contributed by atoms with Crippen molar-refractivity contribution >= 4 is 39.0 Å². The minimum atomic E-state index is -0.339. The average molecular weight is 272 g/mol. The zero-order valence-electron chi connectivity index (χ0n) is 10.5. The predicted octanol–water partition coefficient (Wildman–Crippen LogP) is 2.58. The summed E-state index contributed by atoms with van der Waals surface area (Å²) in [6.07, 6.45) is 4.42. The second-order valence-electron chi connectivity index (χ2n) is 5.07. The van der Waals surface area contributed by atoms with Gasteiger partial charge in [-0.1, -0.05) is 6.42 Å². The number of aromatic nitrogens is 2. The van der Waals surface area contributed by atoms with Crippen LogP contribution in [0.5, 0.6) is 0 Å². The highest BCUT2D eigenvalue weighted by Gasteiger charge is 2.53. The molecule has 6 heteroatoms. The van der Waals surface area contributed by atoms with Crippen LogP contribution in [0.3, 0.4) is 0 Å². The van der Waals surface area contributed by atoms with E-state index in [4.69, 9.17) is 0 Å². The highest BCUT2D eigenvalue weighted by Crippen LogP contribution is 2.48. The molecule has 3 heterocycles. The number of fused-ring (bicyclic) bond motifs is 1. The third-order valence-electron chi connectivity index (χ3n) is 4.18.